The smallest absolute Gasteiger partial charge is 0.178 e. The second kappa shape index (κ2) is 4.44. The molecule has 0 bridgehead atoms. The van der Waals surface area contributed by atoms with Crippen LogP contribution in [-0.2, 0) is 4.74 Å². The minimum atomic E-state index is 0.323. The third kappa shape index (κ3) is 1.90. The molecule has 17 heavy (non-hydrogen) atoms. The van der Waals surface area contributed by atoms with Crippen molar-refractivity contribution in [2.75, 3.05) is 13.2 Å². The Hall–Kier alpha value is -0.840. The van der Waals surface area contributed by atoms with Gasteiger partial charge in [0.15, 0.2) is 4.77 Å². The number of aromatic nitrogens is 2. The number of para-hydroxylation sites is 1. The normalized spacial score (nSPS) is 20.9. The third-order valence-corrected chi connectivity index (χ3v) is 3.82. The Kier molecular flexibility index (Phi) is 2.94. The molecule has 3 nitrogen and oxygen atoms in total. The van der Waals surface area contributed by atoms with Crippen LogP contribution in [0.3, 0.4) is 0 Å². The lowest BCUT2D eigenvalue weighted by Gasteiger charge is -2.24. The average molecular weight is 269 g/mol. The van der Waals surface area contributed by atoms with Gasteiger partial charge in [0.05, 0.1) is 28.7 Å². The summed E-state index contributed by atoms with van der Waals surface area (Å²) in [6.45, 7) is 1.58. The van der Waals surface area contributed by atoms with Crippen molar-refractivity contribution in [3.8, 4) is 0 Å². The fraction of sp³-hybridized carbons (Fsp3) is 0.417. The van der Waals surface area contributed by atoms with E-state index in [1.54, 1.807) is 0 Å². The van der Waals surface area contributed by atoms with E-state index in [1.165, 1.54) is 0 Å². The highest BCUT2D eigenvalue weighted by Crippen LogP contribution is 2.28. The zero-order valence-electron chi connectivity index (χ0n) is 9.28. The Morgan fingerprint density at radius 3 is 3.12 bits per heavy atom. The standard InChI is InChI=1S/C12H13ClN2OS/c13-9-4-1-5-10-11(9)14-12(17)15(10)8-3-2-6-16-7-8/h1,4-5,8H,2-3,6-7H2,(H,14,17). The molecule has 1 aromatic heterocycles. The summed E-state index contributed by atoms with van der Waals surface area (Å²) in [5, 5.41) is 0.712. The first-order valence-electron chi connectivity index (χ1n) is 5.74. The van der Waals surface area contributed by atoms with Crippen molar-refractivity contribution in [1.82, 2.24) is 9.55 Å². The molecule has 1 N–H and O–H groups in total. The van der Waals surface area contributed by atoms with Gasteiger partial charge in [0, 0.05) is 6.61 Å². The van der Waals surface area contributed by atoms with E-state index in [1.807, 2.05) is 18.2 Å². The zero-order chi connectivity index (χ0) is 11.8. The maximum Gasteiger partial charge on any atom is 0.178 e. The number of rotatable bonds is 1. The van der Waals surface area contributed by atoms with E-state index < -0.39 is 0 Å². The van der Waals surface area contributed by atoms with Gasteiger partial charge in [-0.05, 0) is 37.2 Å². The Labute approximate surface area is 109 Å². The molecule has 1 saturated heterocycles. The molecule has 1 fully saturated rings. The van der Waals surface area contributed by atoms with Gasteiger partial charge in [-0.15, -0.1) is 0 Å². The van der Waals surface area contributed by atoms with E-state index in [4.69, 9.17) is 28.6 Å². The van der Waals surface area contributed by atoms with Gasteiger partial charge in [-0.3, -0.25) is 0 Å². The number of nitrogens with zero attached hydrogens (tertiary/aromatic N) is 1. The second-order valence-electron chi connectivity index (χ2n) is 4.31. The highest BCUT2D eigenvalue weighted by molar-refractivity contribution is 7.71. The van der Waals surface area contributed by atoms with Crippen LogP contribution in [0.2, 0.25) is 5.02 Å². The van der Waals surface area contributed by atoms with Crippen LogP contribution in [0.5, 0.6) is 0 Å². The van der Waals surface area contributed by atoms with E-state index in [0.29, 0.717) is 11.1 Å². The molecule has 90 valence electrons. The van der Waals surface area contributed by atoms with Crippen LogP contribution in [0.4, 0.5) is 0 Å². The second-order valence-corrected chi connectivity index (χ2v) is 5.10. The monoisotopic (exact) mass is 268 g/mol. The molecule has 0 aliphatic carbocycles. The van der Waals surface area contributed by atoms with Gasteiger partial charge in [-0.1, -0.05) is 17.7 Å². The minimum Gasteiger partial charge on any atom is -0.379 e. The number of nitrogens with one attached hydrogen (secondary N) is 1. The Balaban J connectivity index is 2.18. The lowest BCUT2D eigenvalue weighted by Crippen LogP contribution is -2.21. The number of ether oxygens (including phenoxy) is 1. The Morgan fingerprint density at radius 2 is 2.35 bits per heavy atom. The molecule has 1 atom stereocenters. The number of hydrogen-bond donors (Lipinski definition) is 1. The van der Waals surface area contributed by atoms with Crippen molar-refractivity contribution in [2.45, 2.75) is 18.9 Å². The SMILES string of the molecule is S=c1[nH]c2c(Cl)cccc2n1C1CCCOC1. The Bertz CT molecular complexity index is 598. The molecule has 3 rings (SSSR count). The number of aromatic amines is 1. The fourth-order valence-electron chi connectivity index (χ4n) is 2.40. The first kappa shape index (κ1) is 11.3. The number of H-pyrrole nitrogens is 1. The minimum absolute atomic E-state index is 0.323. The van der Waals surface area contributed by atoms with Gasteiger partial charge in [0.2, 0.25) is 0 Å². The van der Waals surface area contributed by atoms with Crippen molar-refractivity contribution in [2.24, 2.45) is 0 Å². The van der Waals surface area contributed by atoms with Gasteiger partial charge in [0.25, 0.3) is 0 Å². The van der Waals surface area contributed by atoms with E-state index in [2.05, 4.69) is 9.55 Å². The number of imidazole rings is 1. The zero-order valence-corrected chi connectivity index (χ0v) is 10.9. The molecule has 2 aromatic rings. The molecule has 0 saturated carbocycles. The van der Waals surface area contributed by atoms with Crippen LogP contribution in [0.15, 0.2) is 18.2 Å². The number of hydrogen-bond acceptors (Lipinski definition) is 2. The van der Waals surface area contributed by atoms with Gasteiger partial charge >= 0.3 is 0 Å². The predicted molar refractivity (Wildman–Crippen MR) is 71.2 cm³/mol. The molecule has 5 heteroatoms. The highest BCUT2D eigenvalue weighted by atomic mass is 35.5. The lowest BCUT2D eigenvalue weighted by atomic mass is 10.1. The van der Waals surface area contributed by atoms with Crippen LogP contribution in [0.1, 0.15) is 18.9 Å². The number of fused-ring (bicyclic) bond motifs is 1. The summed E-state index contributed by atoms with van der Waals surface area (Å²) >= 11 is 11.5. The third-order valence-electron chi connectivity index (χ3n) is 3.20. The van der Waals surface area contributed by atoms with Gasteiger partial charge in [-0.2, -0.15) is 0 Å². The average Bonchev–Trinajstić information content (AvgIpc) is 2.68. The van der Waals surface area contributed by atoms with E-state index in [9.17, 15) is 0 Å². The largest absolute Gasteiger partial charge is 0.379 e. The van der Waals surface area contributed by atoms with Crippen molar-refractivity contribution in [3.05, 3.63) is 28.0 Å². The van der Waals surface area contributed by atoms with Crippen LogP contribution in [0, 0.1) is 4.77 Å². The van der Waals surface area contributed by atoms with Crippen molar-refractivity contribution < 1.29 is 4.74 Å². The first-order chi connectivity index (χ1) is 8.27. The summed E-state index contributed by atoms with van der Waals surface area (Å²) in [4.78, 5) is 3.18. The van der Waals surface area contributed by atoms with Gasteiger partial charge < -0.3 is 14.3 Å². The van der Waals surface area contributed by atoms with Gasteiger partial charge in [0.1, 0.15) is 0 Å². The van der Waals surface area contributed by atoms with Crippen molar-refractivity contribution >= 4 is 34.9 Å². The van der Waals surface area contributed by atoms with Crippen LogP contribution in [0.25, 0.3) is 11.0 Å². The van der Waals surface area contributed by atoms with Crippen LogP contribution in [-0.4, -0.2) is 22.8 Å². The van der Waals surface area contributed by atoms with E-state index in [-0.39, 0.29) is 0 Å². The summed E-state index contributed by atoms with van der Waals surface area (Å²) < 4.78 is 8.39. The predicted octanol–water partition coefficient (Wildman–Crippen LogP) is 3.70. The molecular weight excluding hydrogens is 256 g/mol. The number of benzene rings is 1. The maximum atomic E-state index is 6.16. The van der Waals surface area contributed by atoms with Crippen molar-refractivity contribution in [3.63, 3.8) is 0 Å². The molecule has 0 radical (unpaired) electrons. The van der Waals surface area contributed by atoms with E-state index >= 15 is 0 Å². The summed E-state index contributed by atoms with van der Waals surface area (Å²) in [5.41, 5.74) is 1.99. The molecule has 1 aliphatic rings. The quantitative estimate of drug-likeness (QED) is 0.799. The first-order valence-corrected chi connectivity index (χ1v) is 6.52. The molecule has 1 unspecified atom stereocenters. The summed E-state index contributed by atoms with van der Waals surface area (Å²) in [7, 11) is 0. The van der Waals surface area contributed by atoms with E-state index in [0.717, 1.165) is 41.9 Å². The Morgan fingerprint density at radius 1 is 1.47 bits per heavy atom. The molecule has 0 amide bonds. The molecule has 2 heterocycles. The van der Waals surface area contributed by atoms with Crippen LogP contribution >= 0.6 is 23.8 Å². The van der Waals surface area contributed by atoms with Crippen molar-refractivity contribution in [1.29, 1.82) is 0 Å². The maximum absolute atomic E-state index is 6.16. The summed E-state index contributed by atoms with van der Waals surface area (Å²) in [6.07, 6.45) is 2.19. The molecular formula is C12H13ClN2OS. The topological polar surface area (TPSA) is 29.9 Å². The molecule has 1 aliphatic heterocycles. The fourth-order valence-corrected chi connectivity index (χ4v) is 2.97. The summed E-state index contributed by atoms with van der Waals surface area (Å²) in [6, 6.07) is 6.19. The molecule has 0 spiro atoms. The van der Waals surface area contributed by atoms with Crippen LogP contribution < -0.4 is 0 Å². The number of halogens is 1. The van der Waals surface area contributed by atoms with Gasteiger partial charge in [-0.25, -0.2) is 0 Å². The molecule has 1 aromatic carbocycles. The summed E-state index contributed by atoms with van der Waals surface area (Å²) in [5.74, 6) is 0. The lowest BCUT2D eigenvalue weighted by molar-refractivity contribution is 0.0600. The highest BCUT2D eigenvalue weighted by Gasteiger charge is 2.19.